The van der Waals surface area contributed by atoms with Crippen LogP contribution in [0.25, 0.3) is 0 Å². The first-order chi connectivity index (χ1) is 8.77. The molecule has 1 fully saturated rings. The van der Waals surface area contributed by atoms with E-state index in [4.69, 9.17) is 0 Å². The van der Waals surface area contributed by atoms with Gasteiger partial charge in [0.15, 0.2) is 0 Å². The molecule has 1 aliphatic rings. The van der Waals surface area contributed by atoms with Crippen LogP contribution < -0.4 is 5.32 Å². The molecule has 0 spiro atoms. The Kier molecular flexibility index (Phi) is 3.94. The molecule has 0 saturated heterocycles. The van der Waals surface area contributed by atoms with Crippen LogP contribution in [0.4, 0.5) is 5.69 Å². The Bertz CT molecular complexity index is 436. The number of rotatable bonds is 2. The second-order valence-corrected chi connectivity index (χ2v) is 7.53. The highest BCUT2D eigenvalue weighted by atomic mass is 14.9. The minimum absolute atomic E-state index is 0.474. The van der Waals surface area contributed by atoms with Crippen molar-refractivity contribution in [2.45, 2.75) is 66.8 Å². The van der Waals surface area contributed by atoms with E-state index >= 15 is 0 Å². The molecule has 1 aromatic carbocycles. The Morgan fingerprint density at radius 1 is 1.05 bits per heavy atom. The van der Waals surface area contributed by atoms with Crippen molar-refractivity contribution in [2.24, 2.45) is 11.3 Å². The summed E-state index contributed by atoms with van der Waals surface area (Å²) in [7, 11) is 0. The lowest BCUT2D eigenvalue weighted by Gasteiger charge is -2.40. The molecule has 0 amide bonds. The predicted octanol–water partition coefficient (Wildman–Crippen LogP) is 5.24. The molecule has 2 rings (SSSR count). The van der Waals surface area contributed by atoms with Crippen LogP contribution in [0.2, 0.25) is 0 Å². The molecule has 106 valence electrons. The van der Waals surface area contributed by atoms with Crippen molar-refractivity contribution < 1.29 is 0 Å². The molecule has 0 radical (unpaired) electrons. The summed E-state index contributed by atoms with van der Waals surface area (Å²) < 4.78 is 0. The van der Waals surface area contributed by atoms with E-state index in [1.165, 1.54) is 41.6 Å². The van der Waals surface area contributed by atoms with Gasteiger partial charge in [-0.05, 0) is 62.5 Å². The fraction of sp³-hybridized carbons (Fsp3) is 0.667. The van der Waals surface area contributed by atoms with Gasteiger partial charge in [-0.3, -0.25) is 0 Å². The predicted molar refractivity (Wildman–Crippen MR) is 84.9 cm³/mol. The molecule has 0 heterocycles. The van der Waals surface area contributed by atoms with Crippen LogP contribution in [0.15, 0.2) is 12.1 Å². The molecule has 19 heavy (non-hydrogen) atoms. The quantitative estimate of drug-likeness (QED) is 0.766. The standard InChI is InChI=1S/C18H29N/c1-12-7-14(3)17(15(4)8-12)19-16-9-13(2)10-18(5,6)11-16/h7-8,13,16,19H,9-11H2,1-6H3. The lowest BCUT2D eigenvalue weighted by molar-refractivity contribution is 0.178. The summed E-state index contributed by atoms with van der Waals surface area (Å²) in [5, 5.41) is 3.83. The van der Waals surface area contributed by atoms with Crippen LogP contribution in [0, 0.1) is 32.1 Å². The average Bonchev–Trinajstić information content (AvgIpc) is 2.20. The van der Waals surface area contributed by atoms with Crippen molar-refractivity contribution in [3.63, 3.8) is 0 Å². The normalized spacial score (nSPS) is 26.2. The highest BCUT2D eigenvalue weighted by molar-refractivity contribution is 5.58. The number of nitrogens with one attached hydrogen (secondary N) is 1. The lowest BCUT2D eigenvalue weighted by atomic mass is 9.70. The largest absolute Gasteiger partial charge is 0.382 e. The van der Waals surface area contributed by atoms with Crippen LogP contribution in [0.3, 0.4) is 0 Å². The molecule has 2 unspecified atom stereocenters. The Morgan fingerprint density at radius 2 is 1.63 bits per heavy atom. The van der Waals surface area contributed by atoms with Crippen molar-refractivity contribution in [2.75, 3.05) is 5.32 Å². The van der Waals surface area contributed by atoms with Crippen LogP contribution in [-0.4, -0.2) is 6.04 Å². The molecule has 1 aromatic rings. The zero-order valence-electron chi connectivity index (χ0n) is 13.4. The van der Waals surface area contributed by atoms with E-state index in [0.29, 0.717) is 11.5 Å². The maximum Gasteiger partial charge on any atom is 0.0401 e. The second-order valence-electron chi connectivity index (χ2n) is 7.53. The summed E-state index contributed by atoms with van der Waals surface area (Å²) in [5.41, 5.74) is 5.96. The Morgan fingerprint density at radius 3 is 2.16 bits per heavy atom. The van der Waals surface area contributed by atoms with Gasteiger partial charge in [-0.15, -0.1) is 0 Å². The third-order valence-electron chi connectivity index (χ3n) is 4.41. The van der Waals surface area contributed by atoms with Crippen molar-refractivity contribution in [1.82, 2.24) is 0 Å². The van der Waals surface area contributed by atoms with E-state index in [1.807, 2.05) is 0 Å². The third kappa shape index (κ3) is 3.52. The van der Waals surface area contributed by atoms with Gasteiger partial charge in [-0.25, -0.2) is 0 Å². The first-order valence-electron chi connectivity index (χ1n) is 7.61. The molecule has 1 aliphatic carbocycles. The lowest BCUT2D eigenvalue weighted by Crippen LogP contribution is -2.35. The van der Waals surface area contributed by atoms with Crippen LogP contribution in [-0.2, 0) is 0 Å². The fourth-order valence-corrected chi connectivity index (χ4v) is 4.07. The van der Waals surface area contributed by atoms with E-state index in [-0.39, 0.29) is 0 Å². The van der Waals surface area contributed by atoms with E-state index in [0.717, 1.165) is 5.92 Å². The van der Waals surface area contributed by atoms with Gasteiger partial charge in [-0.2, -0.15) is 0 Å². The van der Waals surface area contributed by atoms with Gasteiger partial charge in [0.1, 0.15) is 0 Å². The highest BCUT2D eigenvalue weighted by Crippen LogP contribution is 2.40. The van der Waals surface area contributed by atoms with Gasteiger partial charge in [0, 0.05) is 11.7 Å². The number of anilines is 1. The average molecular weight is 259 g/mol. The molecule has 0 aromatic heterocycles. The maximum absolute atomic E-state index is 3.83. The first-order valence-corrected chi connectivity index (χ1v) is 7.61. The van der Waals surface area contributed by atoms with Crippen molar-refractivity contribution >= 4 is 5.69 Å². The Balaban J connectivity index is 2.17. The summed E-state index contributed by atoms with van der Waals surface area (Å²) >= 11 is 0. The third-order valence-corrected chi connectivity index (χ3v) is 4.41. The summed E-state index contributed by atoms with van der Waals surface area (Å²) in [5.74, 6) is 0.826. The minimum Gasteiger partial charge on any atom is -0.382 e. The summed E-state index contributed by atoms with van der Waals surface area (Å²) in [4.78, 5) is 0. The van der Waals surface area contributed by atoms with Crippen molar-refractivity contribution in [3.05, 3.63) is 28.8 Å². The molecule has 1 heteroatoms. The number of hydrogen-bond donors (Lipinski definition) is 1. The van der Waals surface area contributed by atoms with Gasteiger partial charge in [0.2, 0.25) is 0 Å². The van der Waals surface area contributed by atoms with Gasteiger partial charge >= 0.3 is 0 Å². The molecule has 0 bridgehead atoms. The maximum atomic E-state index is 3.83. The van der Waals surface area contributed by atoms with E-state index in [2.05, 4.69) is 59.0 Å². The zero-order chi connectivity index (χ0) is 14.2. The van der Waals surface area contributed by atoms with Gasteiger partial charge in [0.25, 0.3) is 0 Å². The smallest absolute Gasteiger partial charge is 0.0401 e. The number of aryl methyl sites for hydroxylation is 3. The van der Waals surface area contributed by atoms with Crippen LogP contribution in [0.5, 0.6) is 0 Å². The van der Waals surface area contributed by atoms with Gasteiger partial charge < -0.3 is 5.32 Å². The Labute approximate surface area is 118 Å². The molecule has 1 saturated carbocycles. The van der Waals surface area contributed by atoms with Crippen LogP contribution >= 0.6 is 0 Å². The molecule has 2 atom stereocenters. The monoisotopic (exact) mass is 259 g/mol. The summed E-state index contributed by atoms with van der Waals surface area (Å²) in [6.45, 7) is 13.8. The van der Waals surface area contributed by atoms with Gasteiger partial charge in [-0.1, -0.05) is 38.5 Å². The van der Waals surface area contributed by atoms with Crippen molar-refractivity contribution in [1.29, 1.82) is 0 Å². The SMILES string of the molecule is Cc1cc(C)c(NC2CC(C)CC(C)(C)C2)c(C)c1. The van der Waals surface area contributed by atoms with Crippen molar-refractivity contribution in [3.8, 4) is 0 Å². The second kappa shape index (κ2) is 5.19. The molecule has 1 nitrogen and oxygen atoms in total. The highest BCUT2D eigenvalue weighted by Gasteiger charge is 2.32. The number of benzene rings is 1. The summed E-state index contributed by atoms with van der Waals surface area (Å²) in [6, 6.07) is 5.19. The zero-order valence-corrected chi connectivity index (χ0v) is 13.4. The van der Waals surface area contributed by atoms with E-state index < -0.39 is 0 Å². The fourth-order valence-electron chi connectivity index (χ4n) is 4.07. The Hall–Kier alpha value is -0.980. The molecule has 1 N–H and O–H groups in total. The molecular weight excluding hydrogens is 230 g/mol. The minimum atomic E-state index is 0.474. The summed E-state index contributed by atoms with van der Waals surface area (Å²) in [6.07, 6.45) is 3.94. The number of hydrogen-bond acceptors (Lipinski definition) is 1. The first kappa shape index (κ1) is 14.4. The molecular formula is C18H29N. The van der Waals surface area contributed by atoms with Gasteiger partial charge in [0.05, 0.1) is 0 Å². The van der Waals surface area contributed by atoms with E-state index in [1.54, 1.807) is 0 Å². The van der Waals surface area contributed by atoms with Crippen LogP contribution in [0.1, 0.15) is 56.7 Å². The topological polar surface area (TPSA) is 12.0 Å². The molecule has 0 aliphatic heterocycles. The van der Waals surface area contributed by atoms with E-state index in [9.17, 15) is 0 Å².